The van der Waals surface area contributed by atoms with E-state index in [9.17, 15) is 0 Å². The van der Waals surface area contributed by atoms with E-state index in [-0.39, 0.29) is 4.45 Å². The molecule has 1 atom stereocenters. The van der Waals surface area contributed by atoms with Gasteiger partial charge in [-0.25, -0.2) is 0 Å². The zero-order valence-electron chi connectivity index (χ0n) is 8.09. The summed E-state index contributed by atoms with van der Waals surface area (Å²) < 4.78 is 16.1. The highest BCUT2D eigenvalue weighted by molar-refractivity contribution is 9.10. The molecule has 0 saturated heterocycles. The molecule has 0 fully saturated rings. The molecule has 0 saturated carbocycles. The predicted molar refractivity (Wildman–Crippen MR) is 54.4 cm³/mol. The highest BCUT2D eigenvalue weighted by Crippen LogP contribution is 2.22. The van der Waals surface area contributed by atoms with Crippen LogP contribution in [0.3, 0.4) is 0 Å². The highest BCUT2D eigenvalue weighted by atomic mass is 79.9. The fraction of sp³-hybridized carbons (Fsp3) is 1.00. The van der Waals surface area contributed by atoms with E-state index in [2.05, 4.69) is 22.9 Å². The van der Waals surface area contributed by atoms with Gasteiger partial charge in [0.2, 0.25) is 0 Å². The fourth-order valence-electron chi connectivity index (χ4n) is 1.06. The summed E-state index contributed by atoms with van der Waals surface area (Å²) in [4.78, 5) is 0. The highest BCUT2D eigenvalue weighted by Gasteiger charge is 2.45. The van der Waals surface area contributed by atoms with Gasteiger partial charge in [0.25, 0.3) is 0 Å². The van der Waals surface area contributed by atoms with E-state index < -0.39 is 8.80 Å². The van der Waals surface area contributed by atoms with Gasteiger partial charge in [-0.1, -0.05) is 29.3 Å². The van der Waals surface area contributed by atoms with Crippen molar-refractivity contribution in [1.29, 1.82) is 0 Å². The monoisotopic (exact) mass is 256 g/mol. The van der Waals surface area contributed by atoms with Crippen molar-refractivity contribution in [3.05, 3.63) is 0 Å². The fourth-order valence-corrected chi connectivity index (χ4v) is 5.11. The molecule has 3 nitrogen and oxygen atoms in total. The van der Waals surface area contributed by atoms with Crippen LogP contribution in [0.1, 0.15) is 19.8 Å². The summed E-state index contributed by atoms with van der Waals surface area (Å²) in [6, 6.07) is 0. The van der Waals surface area contributed by atoms with E-state index in [1.807, 2.05) is 0 Å². The molecule has 0 aromatic heterocycles. The second-order valence-electron chi connectivity index (χ2n) is 2.47. The molecule has 0 amide bonds. The van der Waals surface area contributed by atoms with E-state index in [0.717, 1.165) is 12.8 Å². The first kappa shape index (κ1) is 12.6. The van der Waals surface area contributed by atoms with Crippen LogP contribution in [-0.2, 0) is 13.3 Å². The number of hydrogen-bond donors (Lipinski definition) is 0. The van der Waals surface area contributed by atoms with Crippen LogP contribution < -0.4 is 0 Å². The van der Waals surface area contributed by atoms with Crippen LogP contribution in [0.15, 0.2) is 0 Å². The maximum absolute atomic E-state index is 5.30. The largest absolute Gasteiger partial charge is 0.514 e. The third-order valence-electron chi connectivity index (χ3n) is 1.78. The molecule has 0 rings (SSSR count). The molecule has 0 bridgehead atoms. The molecule has 0 aliphatic carbocycles. The summed E-state index contributed by atoms with van der Waals surface area (Å²) in [5.41, 5.74) is 0. The lowest BCUT2D eigenvalue weighted by Gasteiger charge is -2.28. The van der Waals surface area contributed by atoms with Gasteiger partial charge in [0.15, 0.2) is 0 Å². The van der Waals surface area contributed by atoms with Crippen molar-refractivity contribution in [1.82, 2.24) is 0 Å². The van der Waals surface area contributed by atoms with Crippen LogP contribution in [-0.4, -0.2) is 34.6 Å². The van der Waals surface area contributed by atoms with Crippen LogP contribution in [0.25, 0.3) is 0 Å². The van der Waals surface area contributed by atoms with Gasteiger partial charge < -0.3 is 13.3 Å². The molecule has 0 heterocycles. The molecule has 12 heavy (non-hydrogen) atoms. The summed E-state index contributed by atoms with van der Waals surface area (Å²) in [5, 5.41) is 0. The molecule has 0 N–H and O–H groups in total. The molecule has 0 aromatic carbocycles. The minimum absolute atomic E-state index is 0.190. The third kappa shape index (κ3) is 2.81. The van der Waals surface area contributed by atoms with Crippen LogP contribution in [0.2, 0.25) is 0 Å². The van der Waals surface area contributed by atoms with Crippen molar-refractivity contribution in [3.63, 3.8) is 0 Å². The number of rotatable bonds is 6. The van der Waals surface area contributed by atoms with Gasteiger partial charge in [0, 0.05) is 21.3 Å². The Balaban J connectivity index is 4.24. The Morgan fingerprint density at radius 2 is 1.58 bits per heavy atom. The number of hydrogen-bond acceptors (Lipinski definition) is 3. The molecule has 5 heteroatoms. The van der Waals surface area contributed by atoms with E-state index in [1.165, 1.54) is 0 Å². The number of alkyl halides is 1. The van der Waals surface area contributed by atoms with Crippen LogP contribution in [0.5, 0.6) is 0 Å². The van der Waals surface area contributed by atoms with Gasteiger partial charge in [-0.05, 0) is 6.42 Å². The van der Waals surface area contributed by atoms with Crippen molar-refractivity contribution in [2.75, 3.05) is 21.3 Å². The van der Waals surface area contributed by atoms with Crippen molar-refractivity contribution < 1.29 is 13.3 Å². The lowest BCUT2D eigenvalue weighted by molar-refractivity contribution is 0.121. The molecular weight excluding hydrogens is 240 g/mol. The minimum Gasteiger partial charge on any atom is -0.376 e. The molecule has 1 unspecified atom stereocenters. The SMILES string of the molecule is CCCC(Br)[Si](OC)(OC)OC. The minimum atomic E-state index is -2.43. The van der Waals surface area contributed by atoms with Gasteiger partial charge in [-0.3, -0.25) is 0 Å². The lowest BCUT2D eigenvalue weighted by atomic mass is 10.4. The second kappa shape index (κ2) is 6.10. The molecule has 0 aliphatic heterocycles. The topological polar surface area (TPSA) is 27.7 Å². The summed E-state index contributed by atoms with van der Waals surface area (Å²) in [6.45, 7) is 2.12. The molecular formula is C7H17BrO3Si. The Labute approximate surface area is 83.9 Å². The predicted octanol–water partition coefficient (Wildman–Crippen LogP) is 1.97. The summed E-state index contributed by atoms with van der Waals surface area (Å²) >= 11 is 3.53. The van der Waals surface area contributed by atoms with E-state index in [4.69, 9.17) is 13.3 Å². The number of halogens is 1. The van der Waals surface area contributed by atoms with Crippen LogP contribution in [0.4, 0.5) is 0 Å². The quantitative estimate of drug-likeness (QED) is 0.538. The van der Waals surface area contributed by atoms with Crippen molar-refractivity contribution >= 4 is 24.7 Å². The van der Waals surface area contributed by atoms with E-state index >= 15 is 0 Å². The zero-order chi connectivity index (χ0) is 9.61. The molecule has 0 spiro atoms. The van der Waals surface area contributed by atoms with E-state index in [1.54, 1.807) is 21.3 Å². The van der Waals surface area contributed by atoms with E-state index in [0.29, 0.717) is 0 Å². The average molecular weight is 257 g/mol. The summed E-state index contributed by atoms with van der Waals surface area (Å²) in [7, 11) is 2.46. The van der Waals surface area contributed by atoms with Crippen molar-refractivity contribution in [2.45, 2.75) is 24.2 Å². The maximum atomic E-state index is 5.30. The lowest BCUT2D eigenvalue weighted by Crippen LogP contribution is -2.51. The Bertz CT molecular complexity index is 111. The van der Waals surface area contributed by atoms with Gasteiger partial charge in [0.05, 0.1) is 4.45 Å². The molecule has 0 aromatic rings. The molecule has 0 radical (unpaired) electrons. The van der Waals surface area contributed by atoms with Crippen LogP contribution in [0, 0.1) is 0 Å². The standard InChI is InChI=1S/C7H17BrO3Si/c1-5-6-7(8)12(9-2,10-3)11-4/h7H,5-6H2,1-4H3. The Hall–Kier alpha value is 0.577. The first-order valence-electron chi connectivity index (χ1n) is 3.96. The van der Waals surface area contributed by atoms with Gasteiger partial charge in [-0.2, -0.15) is 0 Å². The zero-order valence-corrected chi connectivity index (χ0v) is 10.7. The Morgan fingerprint density at radius 1 is 1.17 bits per heavy atom. The molecule has 0 aliphatic rings. The first-order chi connectivity index (χ1) is 5.66. The first-order valence-corrected chi connectivity index (χ1v) is 6.68. The van der Waals surface area contributed by atoms with Crippen molar-refractivity contribution in [3.8, 4) is 0 Å². The molecule has 74 valence electrons. The maximum Gasteiger partial charge on any atom is 0.514 e. The smallest absolute Gasteiger partial charge is 0.376 e. The Kier molecular flexibility index (Phi) is 6.39. The van der Waals surface area contributed by atoms with Crippen molar-refractivity contribution in [2.24, 2.45) is 0 Å². The van der Waals surface area contributed by atoms with Gasteiger partial charge in [0.1, 0.15) is 0 Å². The van der Waals surface area contributed by atoms with Crippen LogP contribution >= 0.6 is 15.9 Å². The average Bonchev–Trinajstić information content (AvgIpc) is 2.09. The normalized spacial score (nSPS) is 14.8. The van der Waals surface area contributed by atoms with Gasteiger partial charge >= 0.3 is 8.80 Å². The second-order valence-corrected chi connectivity index (χ2v) is 7.55. The Morgan fingerprint density at radius 3 is 1.83 bits per heavy atom. The summed E-state index contributed by atoms with van der Waals surface area (Å²) in [6.07, 6.45) is 2.09. The third-order valence-corrected chi connectivity index (χ3v) is 6.68. The van der Waals surface area contributed by atoms with Gasteiger partial charge in [-0.15, -0.1) is 0 Å². The summed E-state index contributed by atoms with van der Waals surface area (Å²) in [5.74, 6) is 0.